The van der Waals surface area contributed by atoms with Crippen molar-refractivity contribution in [1.29, 1.82) is 0 Å². The fraction of sp³-hybridized carbons (Fsp3) is 0.844. The summed E-state index contributed by atoms with van der Waals surface area (Å²) in [7, 11) is 0. The van der Waals surface area contributed by atoms with Crippen molar-refractivity contribution in [3.8, 4) is 0 Å². The van der Waals surface area contributed by atoms with Gasteiger partial charge >= 0.3 is 0 Å². The number of hydroxylamine groups is 2. The van der Waals surface area contributed by atoms with Gasteiger partial charge in [-0.15, -0.1) is 0 Å². The number of piperidine rings is 2. The Labute approximate surface area is 510 Å². The minimum absolute atomic E-state index is 0.171. The molecule has 8 atom stereocenters. The third kappa shape index (κ3) is 21.4. The van der Waals surface area contributed by atoms with E-state index in [1.54, 1.807) is 20.8 Å². The summed E-state index contributed by atoms with van der Waals surface area (Å²) in [6.07, 6.45) is 32.9. The lowest BCUT2D eigenvalue weighted by Crippen LogP contribution is -2.63. The lowest BCUT2D eigenvalue weighted by molar-refractivity contribution is -0.147. The molecule has 0 radical (unpaired) electrons. The summed E-state index contributed by atoms with van der Waals surface area (Å²) >= 11 is 0. The SMILES string of the molecule is O=C(CCCCC[C@@H]1NC(=O)[C@@H]2CCCCN2C(=O)[C@H](CC2CCCCC2)NC(=O)[C@@H](CC2CCCCC2)NC1=O)NO.O=C(CCCCC[C@@H]1NC(=O)[C@H]2CCCCN2C(=O)[C@H](CC2CCCCC2)NC(=O)[C@@H](CC2CCCCC2)NC1=O)NO. The van der Waals surface area contributed by atoms with Crippen molar-refractivity contribution in [2.24, 2.45) is 23.7 Å². The van der Waals surface area contributed by atoms with Crippen LogP contribution >= 0.6 is 0 Å². The predicted octanol–water partition coefficient (Wildman–Crippen LogP) is 6.46. The summed E-state index contributed by atoms with van der Waals surface area (Å²) in [4.78, 5) is 137. The minimum atomic E-state index is -0.850. The first kappa shape index (κ1) is 68.1. The normalized spacial score (nSPS) is 28.5. The van der Waals surface area contributed by atoms with Crippen molar-refractivity contribution in [2.45, 2.75) is 305 Å². The molecule has 0 spiro atoms. The molecule has 4 saturated carbocycles. The number of carbonyl (C=O) groups is 10. The Morgan fingerprint density at radius 1 is 0.337 bits per heavy atom. The summed E-state index contributed by atoms with van der Waals surface area (Å²) in [5, 5.41) is 35.5. The highest BCUT2D eigenvalue weighted by molar-refractivity contribution is 5.99. The molecule has 0 unspecified atom stereocenters. The third-order valence-electron chi connectivity index (χ3n) is 20.2. The zero-order valence-electron chi connectivity index (χ0n) is 51.5. The maximum Gasteiger partial charge on any atom is 0.245 e. The number of nitrogens with zero attached hydrogens (tertiary/aromatic N) is 2. The molecule has 10 N–H and O–H groups in total. The van der Waals surface area contributed by atoms with E-state index >= 15 is 0 Å². The average molecular weight is 1210 g/mol. The fourth-order valence-electron chi connectivity index (χ4n) is 15.2. The molecule has 0 bridgehead atoms. The predicted molar refractivity (Wildman–Crippen MR) is 321 cm³/mol. The molecular formula is C64H106N10O12. The van der Waals surface area contributed by atoms with Crippen LogP contribution in [-0.4, -0.2) is 141 Å². The molecule has 86 heavy (non-hydrogen) atoms. The van der Waals surface area contributed by atoms with Crippen LogP contribution in [0.1, 0.15) is 257 Å². The lowest BCUT2D eigenvalue weighted by atomic mass is 9.83. The summed E-state index contributed by atoms with van der Waals surface area (Å²) in [5.41, 5.74) is 3.25. The Morgan fingerprint density at radius 3 is 0.942 bits per heavy atom. The molecule has 8 rings (SSSR count). The Kier molecular flexibility index (Phi) is 28.7. The van der Waals surface area contributed by atoms with E-state index in [0.29, 0.717) is 127 Å². The lowest BCUT2D eigenvalue weighted by Gasteiger charge is -2.39. The van der Waals surface area contributed by atoms with Gasteiger partial charge in [0.2, 0.25) is 59.1 Å². The summed E-state index contributed by atoms with van der Waals surface area (Å²) in [6, 6.07) is -6.01. The zero-order valence-corrected chi connectivity index (χ0v) is 51.5. The standard InChI is InChI=1S/2C32H53N5O6/c2*38-28(36-43)18-9-3-8-16-24-29(39)34-25(20-22-12-4-1-5-13-22)30(40)35-26(21-23-14-6-2-7-15-23)32(42)37-19-11-10-17-27(37)31(41)33-24/h2*22-27,43H,1-21H2,(H,33,41)(H,34,39)(H,35,40)(H,36,38)/t24-,25+,26-,27+;24-,25+,26-,27-/m00/s1. The molecule has 8 aliphatic rings. The number of hydrogen-bond donors (Lipinski definition) is 10. The first-order valence-corrected chi connectivity index (χ1v) is 34.0. The molecule has 484 valence electrons. The summed E-state index contributed by atoms with van der Waals surface area (Å²) in [5.74, 6) is -1.93. The monoisotopic (exact) mass is 1210 g/mol. The Balaban J connectivity index is 0.000000246. The van der Waals surface area contributed by atoms with Crippen molar-refractivity contribution in [3.63, 3.8) is 0 Å². The highest BCUT2D eigenvalue weighted by Crippen LogP contribution is 2.33. The number of hydrogen-bond acceptors (Lipinski definition) is 12. The number of rotatable bonds is 20. The van der Waals surface area contributed by atoms with Crippen LogP contribution in [-0.2, 0) is 47.9 Å². The topological polar surface area (TPSA) is 314 Å². The number of carbonyl (C=O) groups excluding carboxylic acids is 10. The number of unbranched alkanes of at least 4 members (excludes halogenated alkanes) is 4. The van der Waals surface area contributed by atoms with Gasteiger partial charge in [0.15, 0.2) is 0 Å². The van der Waals surface area contributed by atoms with Crippen LogP contribution in [0, 0.1) is 23.7 Å². The summed E-state index contributed by atoms with van der Waals surface area (Å²) < 4.78 is 0. The molecule has 0 aromatic carbocycles. The quantitative estimate of drug-likeness (QED) is 0.0357. The van der Waals surface area contributed by atoms with Gasteiger partial charge in [0, 0.05) is 25.9 Å². The minimum Gasteiger partial charge on any atom is -0.343 e. The van der Waals surface area contributed by atoms with Crippen LogP contribution in [0.15, 0.2) is 0 Å². The second-order valence-corrected chi connectivity index (χ2v) is 26.7. The first-order valence-electron chi connectivity index (χ1n) is 34.0. The van der Waals surface area contributed by atoms with Crippen molar-refractivity contribution < 1.29 is 58.4 Å². The van der Waals surface area contributed by atoms with Gasteiger partial charge in [0.25, 0.3) is 0 Å². The molecule has 4 heterocycles. The molecular weight excluding hydrogens is 1100 g/mol. The van der Waals surface area contributed by atoms with Crippen molar-refractivity contribution in [2.75, 3.05) is 13.1 Å². The molecule has 0 aromatic rings. The molecule has 22 heteroatoms. The van der Waals surface area contributed by atoms with Crippen LogP contribution in [0.2, 0.25) is 0 Å². The first-order chi connectivity index (χ1) is 41.7. The largest absolute Gasteiger partial charge is 0.343 e. The van der Waals surface area contributed by atoms with Gasteiger partial charge in [0.1, 0.15) is 48.3 Å². The molecule has 8 fully saturated rings. The van der Waals surface area contributed by atoms with Gasteiger partial charge in [-0.2, -0.15) is 0 Å². The second kappa shape index (κ2) is 36.2. The van der Waals surface area contributed by atoms with Crippen LogP contribution in [0.4, 0.5) is 0 Å². The van der Waals surface area contributed by atoms with E-state index in [-0.39, 0.29) is 60.1 Å². The van der Waals surface area contributed by atoms with Gasteiger partial charge in [-0.05, 0) is 114 Å². The van der Waals surface area contributed by atoms with Crippen LogP contribution in [0.3, 0.4) is 0 Å². The van der Waals surface area contributed by atoms with E-state index in [4.69, 9.17) is 10.4 Å². The number of fused-ring (bicyclic) bond motifs is 2. The van der Waals surface area contributed by atoms with Crippen molar-refractivity contribution >= 4 is 59.1 Å². The van der Waals surface area contributed by atoms with E-state index in [9.17, 15) is 47.9 Å². The van der Waals surface area contributed by atoms with Gasteiger partial charge < -0.3 is 41.7 Å². The van der Waals surface area contributed by atoms with E-state index in [1.807, 2.05) is 0 Å². The van der Waals surface area contributed by atoms with Gasteiger partial charge in [0.05, 0.1) is 0 Å². The summed E-state index contributed by atoms with van der Waals surface area (Å²) in [6.45, 7) is 0.923. The maximum atomic E-state index is 14.1. The zero-order chi connectivity index (χ0) is 61.2. The maximum absolute atomic E-state index is 14.1. The van der Waals surface area contributed by atoms with E-state index < -0.39 is 60.1 Å². The van der Waals surface area contributed by atoms with E-state index in [1.165, 1.54) is 25.7 Å². The second-order valence-electron chi connectivity index (χ2n) is 26.7. The van der Waals surface area contributed by atoms with Crippen LogP contribution in [0.25, 0.3) is 0 Å². The van der Waals surface area contributed by atoms with Crippen molar-refractivity contribution in [3.05, 3.63) is 0 Å². The Morgan fingerprint density at radius 2 is 0.616 bits per heavy atom. The number of amides is 10. The molecule has 4 aliphatic heterocycles. The van der Waals surface area contributed by atoms with Gasteiger partial charge in [-0.3, -0.25) is 58.4 Å². The third-order valence-corrected chi connectivity index (χ3v) is 20.2. The van der Waals surface area contributed by atoms with E-state index in [0.717, 1.165) is 128 Å². The Hall–Kier alpha value is -5.38. The fourth-order valence-corrected chi connectivity index (χ4v) is 15.2. The molecule has 0 aromatic heterocycles. The van der Waals surface area contributed by atoms with Gasteiger partial charge in [-0.1, -0.05) is 154 Å². The van der Waals surface area contributed by atoms with Gasteiger partial charge in [-0.25, -0.2) is 11.0 Å². The highest BCUT2D eigenvalue weighted by atomic mass is 16.5. The Bertz CT molecular complexity index is 2080. The van der Waals surface area contributed by atoms with Crippen molar-refractivity contribution in [1.82, 2.24) is 52.7 Å². The van der Waals surface area contributed by atoms with Crippen LogP contribution < -0.4 is 42.9 Å². The number of nitrogens with one attached hydrogen (secondary N) is 8. The highest BCUT2D eigenvalue weighted by Gasteiger charge is 2.43. The average Bonchev–Trinajstić information content (AvgIpc) is 3.68. The smallest absolute Gasteiger partial charge is 0.245 e. The molecule has 4 aliphatic carbocycles. The molecule has 10 amide bonds. The van der Waals surface area contributed by atoms with Crippen LogP contribution in [0.5, 0.6) is 0 Å². The molecule has 4 saturated heterocycles. The van der Waals surface area contributed by atoms with E-state index in [2.05, 4.69) is 31.9 Å². The molecule has 22 nitrogen and oxygen atoms in total.